The standard InChI is InChI=1S/C12H25NO3S/c1-10(2)11-4-6-12(7-5-11)17(15,16)13-8-3-9-14/h10-14H,3-9H2,1-2H3. The molecule has 0 unspecified atom stereocenters. The molecule has 0 atom stereocenters. The van der Waals surface area contributed by atoms with Gasteiger partial charge < -0.3 is 5.11 Å². The summed E-state index contributed by atoms with van der Waals surface area (Å²) >= 11 is 0. The Kier molecular flexibility index (Phi) is 5.89. The quantitative estimate of drug-likeness (QED) is 0.714. The van der Waals surface area contributed by atoms with E-state index in [4.69, 9.17) is 5.11 Å². The van der Waals surface area contributed by atoms with Crippen LogP contribution in [-0.2, 0) is 10.0 Å². The average molecular weight is 263 g/mol. The molecule has 0 aliphatic heterocycles. The Bertz CT molecular complexity index is 306. The van der Waals surface area contributed by atoms with E-state index in [0.717, 1.165) is 25.7 Å². The zero-order chi connectivity index (χ0) is 12.9. The van der Waals surface area contributed by atoms with Gasteiger partial charge in [-0.3, -0.25) is 0 Å². The van der Waals surface area contributed by atoms with Crippen molar-refractivity contribution in [1.29, 1.82) is 0 Å². The molecule has 0 spiro atoms. The first-order valence-corrected chi connectivity index (χ1v) is 8.11. The summed E-state index contributed by atoms with van der Waals surface area (Å²) in [6.45, 7) is 4.80. The van der Waals surface area contributed by atoms with Crippen LogP contribution < -0.4 is 4.72 Å². The molecule has 1 aliphatic rings. The molecule has 1 rings (SSSR count). The van der Waals surface area contributed by atoms with Crippen molar-refractivity contribution in [3.05, 3.63) is 0 Å². The summed E-state index contributed by atoms with van der Waals surface area (Å²) in [5.74, 6) is 1.33. The van der Waals surface area contributed by atoms with E-state index in [1.54, 1.807) is 0 Å². The lowest BCUT2D eigenvalue weighted by Crippen LogP contribution is -2.38. The molecule has 0 aromatic rings. The van der Waals surface area contributed by atoms with Gasteiger partial charge in [0.1, 0.15) is 0 Å². The Hall–Kier alpha value is -0.130. The highest BCUT2D eigenvalue weighted by atomic mass is 32.2. The third-order valence-electron chi connectivity index (χ3n) is 3.74. The fourth-order valence-corrected chi connectivity index (χ4v) is 4.03. The summed E-state index contributed by atoms with van der Waals surface area (Å²) in [5, 5.41) is 8.41. The van der Waals surface area contributed by atoms with E-state index < -0.39 is 10.0 Å². The maximum atomic E-state index is 11.9. The van der Waals surface area contributed by atoms with E-state index in [2.05, 4.69) is 18.6 Å². The Morgan fingerprint density at radius 3 is 2.29 bits per heavy atom. The minimum Gasteiger partial charge on any atom is -0.396 e. The molecule has 2 N–H and O–H groups in total. The van der Waals surface area contributed by atoms with Gasteiger partial charge in [0.25, 0.3) is 0 Å². The van der Waals surface area contributed by atoms with Crippen molar-refractivity contribution in [2.45, 2.75) is 51.2 Å². The highest BCUT2D eigenvalue weighted by Crippen LogP contribution is 2.32. The van der Waals surface area contributed by atoms with Crippen molar-refractivity contribution in [2.75, 3.05) is 13.2 Å². The van der Waals surface area contributed by atoms with Gasteiger partial charge in [-0.25, -0.2) is 13.1 Å². The second-order valence-corrected chi connectivity index (χ2v) is 7.34. The van der Waals surface area contributed by atoms with Gasteiger partial charge in [0.05, 0.1) is 5.25 Å². The Balaban J connectivity index is 2.41. The van der Waals surface area contributed by atoms with Gasteiger partial charge in [-0.2, -0.15) is 0 Å². The zero-order valence-electron chi connectivity index (χ0n) is 10.9. The van der Waals surface area contributed by atoms with Gasteiger partial charge in [-0.1, -0.05) is 13.8 Å². The van der Waals surface area contributed by atoms with Crippen LogP contribution in [0.1, 0.15) is 46.0 Å². The number of sulfonamides is 1. The molecule has 0 amide bonds. The summed E-state index contributed by atoms with van der Waals surface area (Å²) < 4.78 is 26.5. The molecule has 0 aromatic heterocycles. The molecular formula is C12H25NO3S. The van der Waals surface area contributed by atoms with Crippen molar-refractivity contribution < 1.29 is 13.5 Å². The van der Waals surface area contributed by atoms with Gasteiger partial charge >= 0.3 is 0 Å². The molecule has 5 heteroatoms. The minimum atomic E-state index is -3.17. The van der Waals surface area contributed by atoms with Gasteiger partial charge in [0.15, 0.2) is 0 Å². The average Bonchev–Trinajstić information content (AvgIpc) is 2.29. The van der Waals surface area contributed by atoms with Gasteiger partial charge in [-0.05, 0) is 43.9 Å². The number of hydrogen-bond donors (Lipinski definition) is 2. The van der Waals surface area contributed by atoms with Crippen LogP contribution in [0.25, 0.3) is 0 Å². The minimum absolute atomic E-state index is 0.0304. The van der Waals surface area contributed by atoms with E-state index >= 15 is 0 Å². The van der Waals surface area contributed by atoms with E-state index in [1.165, 1.54) is 0 Å². The van der Waals surface area contributed by atoms with Crippen LogP contribution in [0.2, 0.25) is 0 Å². The van der Waals surface area contributed by atoms with E-state index in [-0.39, 0.29) is 11.9 Å². The number of aliphatic hydroxyl groups is 1. The van der Waals surface area contributed by atoms with Crippen molar-refractivity contribution in [3.8, 4) is 0 Å². The summed E-state index contributed by atoms with van der Waals surface area (Å²) in [6.07, 6.45) is 4.07. The molecular weight excluding hydrogens is 238 g/mol. The fraction of sp³-hybridized carbons (Fsp3) is 1.00. The van der Waals surface area contributed by atoms with Crippen molar-refractivity contribution in [1.82, 2.24) is 4.72 Å². The first kappa shape index (κ1) is 14.9. The lowest BCUT2D eigenvalue weighted by atomic mass is 9.82. The Labute approximate surface area is 105 Å². The summed E-state index contributed by atoms with van der Waals surface area (Å²) in [5.41, 5.74) is 0. The highest BCUT2D eigenvalue weighted by Gasteiger charge is 2.31. The third kappa shape index (κ3) is 4.56. The second kappa shape index (κ2) is 6.71. The van der Waals surface area contributed by atoms with Crippen LogP contribution >= 0.6 is 0 Å². The summed E-state index contributed by atoms with van der Waals surface area (Å²) in [4.78, 5) is 0. The lowest BCUT2D eigenvalue weighted by Gasteiger charge is -2.30. The van der Waals surface area contributed by atoms with Gasteiger partial charge in [-0.15, -0.1) is 0 Å². The van der Waals surface area contributed by atoms with Crippen molar-refractivity contribution >= 4 is 10.0 Å². The number of rotatable bonds is 6. The smallest absolute Gasteiger partial charge is 0.214 e. The first-order valence-electron chi connectivity index (χ1n) is 6.56. The van der Waals surface area contributed by atoms with Crippen LogP contribution in [0.3, 0.4) is 0 Å². The van der Waals surface area contributed by atoms with Crippen LogP contribution in [0, 0.1) is 11.8 Å². The molecule has 1 fully saturated rings. The van der Waals surface area contributed by atoms with Crippen molar-refractivity contribution in [3.63, 3.8) is 0 Å². The normalized spacial score (nSPS) is 26.4. The molecule has 0 radical (unpaired) electrons. The largest absolute Gasteiger partial charge is 0.396 e. The van der Waals surface area contributed by atoms with Gasteiger partial charge in [0, 0.05) is 13.2 Å². The fourth-order valence-electron chi connectivity index (χ4n) is 2.48. The lowest BCUT2D eigenvalue weighted by molar-refractivity contribution is 0.278. The Morgan fingerprint density at radius 1 is 1.24 bits per heavy atom. The number of hydrogen-bond acceptors (Lipinski definition) is 3. The molecule has 1 aliphatic carbocycles. The summed E-state index contributed by atoms with van der Waals surface area (Å²) in [7, 11) is -3.17. The molecule has 0 heterocycles. The van der Waals surface area contributed by atoms with Crippen LogP contribution in [0.4, 0.5) is 0 Å². The van der Waals surface area contributed by atoms with E-state index in [0.29, 0.717) is 24.8 Å². The predicted molar refractivity (Wildman–Crippen MR) is 69.2 cm³/mol. The van der Waals surface area contributed by atoms with Crippen LogP contribution in [0.15, 0.2) is 0 Å². The SMILES string of the molecule is CC(C)C1CCC(S(=O)(=O)NCCCO)CC1. The number of aliphatic hydroxyl groups excluding tert-OH is 1. The monoisotopic (exact) mass is 263 g/mol. The summed E-state index contributed by atoms with van der Waals surface area (Å²) in [6, 6.07) is 0. The van der Waals surface area contributed by atoms with Crippen molar-refractivity contribution in [2.24, 2.45) is 11.8 Å². The topological polar surface area (TPSA) is 66.4 Å². The first-order chi connectivity index (χ1) is 7.97. The molecule has 17 heavy (non-hydrogen) atoms. The van der Waals surface area contributed by atoms with Crippen LogP contribution in [-0.4, -0.2) is 31.9 Å². The molecule has 0 saturated heterocycles. The highest BCUT2D eigenvalue weighted by molar-refractivity contribution is 7.90. The molecule has 1 saturated carbocycles. The molecule has 0 bridgehead atoms. The molecule has 102 valence electrons. The van der Waals surface area contributed by atoms with Gasteiger partial charge in [0.2, 0.25) is 10.0 Å². The second-order valence-electron chi connectivity index (χ2n) is 5.30. The predicted octanol–water partition coefficient (Wildman–Crippen LogP) is 1.50. The molecule has 0 aromatic carbocycles. The van der Waals surface area contributed by atoms with E-state index in [9.17, 15) is 8.42 Å². The Morgan fingerprint density at radius 2 is 1.82 bits per heavy atom. The molecule has 4 nitrogen and oxygen atoms in total. The maximum absolute atomic E-state index is 11.9. The van der Waals surface area contributed by atoms with E-state index in [1.807, 2.05) is 0 Å². The zero-order valence-corrected chi connectivity index (χ0v) is 11.7. The number of nitrogens with one attached hydrogen (secondary N) is 1. The third-order valence-corrected chi connectivity index (χ3v) is 5.69. The van der Waals surface area contributed by atoms with Crippen LogP contribution in [0.5, 0.6) is 0 Å². The maximum Gasteiger partial charge on any atom is 0.214 e.